The lowest BCUT2D eigenvalue weighted by Gasteiger charge is -2.30. The van der Waals surface area contributed by atoms with Gasteiger partial charge in [-0.3, -0.25) is 4.99 Å². The maximum Gasteiger partial charge on any atom is 0.422 e. The largest absolute Gasteiger partial charge is 0.484 e. The van der Waals surface area contributed by atoms with E-state index in [-0.39, 0.29) is 41.2 Å². The van der Waals surface area contributed by atoms with Crippen molar-refractivity contribution in [3.8, 4) is 5.75 Å². The zero-order valence-electron chi connectivity index (χ0n) is 16.3. The van der Waals surface area contributed by atoms with Crippen molar-refractivity contribution in [3.05, 3.63) is 29.8 Å². The topological polar surface area (TPSA) is 54.9 Å². The third kappa shape index (κ3) is 10.6. The number of nitrogens with zero attached hydrogens (tertiary/aromatic N) is 1. The Morgan fingerprint density at radius 1 is 1.11 bits per heavy atom. The first kappa shape index (κ1) is 25.8. The number of aliphatic imine (C=N–C) groups is 1. The molecule has 156 valence electrons. The quantitative estimate of drug-likeness (QED) is 0.336. The molecule has 2 N–H and O–H groups in total. The lowest BCUT2D eigenvalue weighted by atomic mass is 9.89. The van der Waals surface area contributed by atoms with E-state index >= 15 is 0 Å². The Kier molecular flexibility index (Phi) is 11.0. The third-order valence-corrected chi connectivity index (χ3v) is 3.71. The van der Waals surface area contributed by atoms with Gasteiger partial charge < -0.3 is 20.1 Å². The molecule has 0 amide bonds. The van der Waals surface area contributed by atoms with Crippen LogP contribution in [0.4, 0.5) is 13.2 Å². The number of hydrogen-bond donors (Lipinski definition) is 2. The van der Waals surface area contributed by atoms with E-state index < -0.39 is 12.8 Å². The van der Waals surface area contributed by atoms with Crippen molar-refractivity contribution in [2.75, 3.05) is 27.3 Å². The second kappa shape index (κ2) is 11.6. The molecular formula is C18H29F3IN3O2. The summed E-state index contributed by atoms with van der Waals surface area (Å²) in [5, 5.41) is 6.36. The molecule has 5 nitrogen and oxygen atoms in total. The van der Waals surface area contributed by atoms with Crippen LogP contribution in [0.3, 0.4) is 0 Å². The van der Waals surface area contributed by atoms with Crippen LogP contribution in [-0.2, 0) is 11.3 Å². The molecular weight excluding hydrogens is 474 g/mol. The van der Waals surface area contributed by atoms with Gasteiger partial charge in [0.25, 0.3) is 0 Å². The summed E-state index contributed by atoms with van der Waals surface area (Å²) >= 11 is 0. The van der Waals surface area contributed by atoms with E-state index in [0.29, 0.717) is 19.0 Å². The summed E-state index contributed by atoms with van der Waals surface area (Å²) in [5.74, 6) is 0.801. The number of halogens is 4. The summed E-state index contributed by atoms with van der Waals surface area (Å²) in [6, 6.07) is 6.44. The minimum atomic E-state index is -4.34. The minimum Gasteiger partial charge on any atom is -0.484 e. The van der Waals surface area contributed by atoms with Gasteiger partial charge in [0.15, 0.2) is 12.6 Å². The normalized spacial score (nSPS) is 13.6. The van der Waals surface area contributed by atoms with E-state index in [9.17, 15) is 13.2 Å². The number of ether oxygens (including phenoxy) is 2. The molecule has 0 spiro atoms. The van der Waals surface area contributed by atoms with E-state index in [1.165, 1.54) is 12.1 Å². The molecule has 0 radical (unpaired) electrons. The molecule has 9 heteroatoms. The summed E-state index contributed by atoms with van der Waals surface area (Å²) in [6.07, 6.45) is -4.32. The number of hydrogen-bond acceptors (Lipinski definition) is 3. The second-order valence-electron chi connectivity index (χ2n) is 6.94. The molecule has 0 fully saturated rings. The molecule has 1 rings (SSSR count). The van der Waals surface area contributed by atoms with E-state index in [2.05, 4.69) is 41.1 Å². The van der Waals surface area contributed by atoms with Gasteiger partial charge in [-0.2, -0.15) is 13.2 Å². The van der Waals surface area contributed by atoms with Gasteiger partial charge >= 0.3 is 6.18 Å². The van der Waals surface area contributed by atoms with E-state index in [1.54, 1.807) is 26.3 Å². The summed E-state index contributed by atoms with van der Waals surface area (Å²) in [5.41, 5.74) is 0.888. The third-order valence-electron chi connectivity index (χ3n) is 3.71. The van der Waals surface area contributed by atoms with Crippen LogP contribution in [0.25, 0.3) is 0 Å². The zero-order chi connectivity index (χ0) is 19.8. The van der Waals surface area contributed by atoms with Crippen LogP contribution in [0.2, 0.25) is 0 Å². The van der Waals surface area contributed by atoms with Crippen molar-refractivity contribution in [2.45, 2.75) is 39.6 Å². The molecule has 1 atom stereocenters. The highest BCUT2D eigenvalue weighted by molar-refractivity contribution is 14.0. The molecule has 27 heavy (non-hydrogen) atoms. The van der Waals surface area contributed by atoms with Gasteiger partial charge in [0.1, 0.15) is 5.75 Å². The molecule has 0 aliphatic rings. The number of rotatable bonds is 7. The van der Waals surface area contributed by atoms with Crippen LogP contribution in [0.15, 0.2) is 29.3 Å². The van der Waals surface area contributed by atoms with Crippen LogP contribution in [-0.4, -0.2) is 45.5 Å². The number of nitrogens with one attached hydrogen (secondary N) is 2. The van der Waals surface area contributed by atoms with E-state index in [0.717, 1.165) is 5.56 Å². The maximum atomic E-state index is 12.1. The SMILES string of the molecule is CN=C(NCc1ccc(OCC(F)(F)F)cc1)NCC(OC)C(C)(C)C.I. The van der Waals surface area contributed by atoms with Gasteiger partial charge in [0.05, 0.1) is 6.10 Å². The molecule has 1 aromatic carbocycles. The summed E-state index contributed by atoms with van der Waals surface area (Å²) in [6.45, 7) is 6.08. The van der Waals surface area contributed by atoms with Gasteiger partial charge in [0, 0.05) is 27.2 Å². The lowest BCUT2D eigenvalue weighted by molar-refractivity contribution is -0.153. The van der Waals surface area contributed by atoms with E-state index in [1.807, 2.05) is 0 Å². The smallest absolute Gasteiger partial charge is 0.422 e. The average molecular weight is 503 g/mol. The summed E-state index contributed by atoms with van der Waals surface area (Å²) in [7, 11) is 3.35. The van der Waals surface area contributed by atoms with Gasteiger partial charge in [-0.15, -0.1) is 24.0 Å². The van der Waals surface area contributed by atoms with Crippen LogP contribution >= 0.6 is 24.0 Å². The van der Waals surface area contributed by atoms with E-state index in [4.69, 9.17) is 4.74 Å². The number of benzene rings is 1. The van der Waals surface area contributed by atoms with Crippen LogP contribution in [0, 0.1) is 5.41 Å². The molecule has 0 aromatic heterocycles. The van der Waals surface area contributed by atoms with Crippen LogP contribution < -0.4 is 15.4 Å². The van der Waals surface area contributed by atoms with Gasteiger partial charge in [-0.25, -0.2) is 0 Å². The van der Waals surface area contributed by atoms with Gasteiger partial charge in [-0.05, 0) is 23.1 Å². The van der Waals surface area contributed by atoms with Crippen molar-refractivity contribution in [1.82, 2.24) is 10.6 Å². The Balaban J connectivity index is 0.00000676. The summed E-state index contributed by atoms with van der Waals surface area (Å²) < 4.78 is 46.6. The first-order valence-corrected chi connectivity index (χ1v) is 8.31. The molecule has 0 bridgehead atoms. The molecule has 0 aliphatic heterocycles. The van der Waals surface area contributed by atoms with Crippen LogP contribution in [0.1, 0.15) is 26.3 Å². The molecule has 0 saturated heterocycles. The highest BCUT2D eigenvalue weighted by Crippen LogP contribution is 2.21. The van der Waals surface area contributed by atoms with Crippen LogP contribution in [0.5, 0.6) is 5.75 Å². The van der Waals surface area contributed by atoms with Gasteiger partial charge in [0.2, 0.25) is 0 Å². The molecule has 0 heterocycles. The second-order valence-corrected chi connectivity index (χ2v) is 6.94. The first-order valence-electron chi connectivity index (χ1n) is 8.31. The van der Waals surface area contributed by atoms with Crippen molar-refractivity contribution < 1.29 is 22.6 Å². The highest BCUT2D eigenvalue weighted by Gasteiger charge is 2.28. The predicted octanol–water partition coefficient (Wildman–Crippen LogP) is 3.97. The van der Waals surface area contributed by atoms with Gasteiger partial charge in [-0.1, -0.05) is 32.9 Å². The number of alkyl halides is 3. The molecule has 1 aromatic rings. The van der Waals surface area contributed by atoms with Crippen molar-refractivity contribution >= 4 is 29.9 Å². The van der Waals surface area contributed by atoms with Crippen molar-refractivity contribution in [1.29, 1.82) is 0 Å². The number of guanidine groups is 1. The zero-order valence-corrected chi connectivity index (χ0v) is 18.6. The Morgan fingerprint density at radius 2 is 1.70 bits per heavy atom. The fourth-order valence-corrected chi connectivity index (χ4v) is 2.21. The standard InChI is InChI=1S/C18H28F3N3O2.HI/c1-17(2,3)15(25-5)11-24-16(22-4)23-10-13-6-8-14(9-7-13)26-12-18(19,20)21;/h6-9,15H,10-12H2,1-5H3,(H2,22,23,24);1H. The fourth-order valence-electron chi connectivity index (χ4n) is 2.21. The lowest BCUT2D eigenvalue weighted by Crippen LogP contribution is -2.45. The highest BCUT2D eigenvalue weighted by atomic mass is 127. The first-order chi connectivity index (χ1) is 12.0. The Labute approximate surface area is 176 Å². The average Bonchev–Trinajstić information content (AvgIpc) is 2.55. The Morgan fingerprint density at radius 3 is 2.15 bits per heavy atom. The van der Waals surface area contributed by atoms with Crippen molar-refractivity contribution in [2.24, 2.45) is 10.4 Å². The molecule has 0 saturated carbocycles. The monoisotopic (exact) mass is 503 g/mol. The Hall–Kier alpha value is -1.23. The van der Waals surface area contributed by atoms with Crippen molar-refractivity contribution in [3.63, 3.8) is 0 Å². The number of methoxy groups -OCH3 is 1. The maximum absolute atomic E-state index is 12.1. The molecule has 1 unspecified atom stereocenters. The molecule has 0 aliphatic carbocycles. The fraction of sp³-hybridized carbons (Fsp3) is 0.611. The predicted molar refractivity (Wildman–Crippen MR) is 112 cm³/mol. The Bertz CT molecular complexity index is 573. The minimum absolute atomic E-state index is 0. The summed E-state index contributed by atoms with van der Waals surface area (Å²) in [4.78, 5) is 4.15.